The summed E-state index contributed by atoms with van der Waals surface area (Å²) in [6.07, 6.45) is 0. The maximum absolute atomic E-state index is 12.7. The number of hydrogen-bond donors (Lipinski definition) is 2. The molecule has 1 aliphatic rings. The lowest BCUT2D eigenvalue weighted by molar-refractivity contribution is 0.0730. The molecule has 2 aromatic rings. The van der Waals surface area contributed by atoms with Gasteiger partial charge in [0.25, 0.3) is 11.8 Å². The third-order valence-electron chi connectivity index (χ3n) is 4.17. The Kier molecular flexibility index (Phi) is 6.76. The molecular formula is C18H17Cl2N3O5S. The predicted molar refractivity (Wildman–Crippen MR) is 107 cm³/mol. The Hall–Kier alpha value is -2.17. The summed E-state index contributed by atoms with van der Waals surface area (Å²) in [7, 11) is -3.75. The predicted octanol–water partition coefficient (Wildman–Crippen LogP) is 2.09. The fraction of sp³-hybridized carbons (Fsp3) is 0.222. The van der Waals surface area contributed by atoms with Crippen molar-refractivity contribution < 1.29 is 22.7 Å². The summed E-state index contributed by atoms with van der Waals surface area (Å²) in [5.74, 6) is -1.35. The number of sulfonamides is 1. The van der Waals surface area contributed by atoms with Crippen LogP contribution in [0.3, 0.4) is 0 Å². The lowest BCUT2D eigenvalue weighted by Gasteiger charge is -2.26. The molecule has 29 heavy (non-hydrogen) atoms. The highest BCUT2D eigenvalue weighted by molar-refractivity contribution is 7.89. The maximum Gasteiger partial charge on any atom is 0.271 e. The molecule has 3 rings (SSSR count). The Morgan fingerprint density at radius 2 is 1.66 bits per heavy atom. The Labute approximate surface area is 177 Å². The second kappa shape index (κ2) is 9.10. The lowest BCUT2D eigenvalue weighted by atomic mass is 10.2. The second-order valence-corrected chi connectivity index (χ2v) is 8.86. The summed E-state index contributed by atoms with van der Waals surface area (Å²) < 4.78 is 31.9. The molecule has 11 heteroatoms. The Balaban J connectivity index is 1.71. The molecule has 8 nitrogen and oxygen atoms in total. The largest absolute Gasteiger partial charge is 0.379 e. The van der Waals surface area contributed by atoms with Gasteiger partial charge in [0, 0.05) is 23.7 Å². The standard InChI is InChI=1S/C18H17Cl2N3O5S/c19-13-4-5-16(20)15(11-13)18(25)22-21-17(24)12-2-1-3-14(10-12)29(26,27)23-6-8-28-9-7-23/h1-5,10-11H,6-9H2,(H,21,24)(H,22,25). The van der Waals surface area contributed by atoms with Crippen LogP contribution in [-0.4, -0.2) is 50.8 Å². The van der Waals surface area contributed by atoms with Crippen LogP contribution in [-0.2, 0) is 14.8 Å². The molecule has 2 aromatic carbocycles. The molecule has 0 aromatic heterocycles. The number of nitrogens with one attached hydrogen (secondary N) is 2. The number of amides is 2. The SMILES string of the molecule is O=C(NNC(=O)c1cc(Cl)ccc1Cl)c1cccc(S(=O)(=O)N2CCOCC2)c1. The smallest absolute Gasteiger partial charge is 0.271 e. The Morgan fingerprint density at radius 1 is 0.966 bits per heavy atom. The van der Waals surface area contributed by atoms with Gasteiger partial charge in [0.1, 0.15) is 0 Å². The van der Waals surface area contributed by atoms with Crippen LogP contribution < -0.4 is 10.9 Å². The number of hydrazine groups is 1. The number of hydrogen-bond acceptors (Lipinski definition) is 5. The van der Waals surface area contributed by atoms with E-state index in [-0.39, 0.29) is 34.1 Å². The summed E-state index contributed by atoms with van der Waals surface area (Å²) in [6, 6.07) is 9.90. The monoisotopic (exact) mass is 457 g/mol. The van der Waals surface area contributed by atoms with Crippen LogP contribution in [0.2, 0.25) is 10.0 Å². The van der Waals surface area contributed by atoms with E-state index in [1.54, 1.807) is 0 Å². The van der Waals surface area contributed by atoms with Gasteiger partial charge in [-0.1, -0.05) is 29.3 Å². The topological polar surface area (TPSA) is 105 Å². The van der Waals surface area contributed by atoms with Gasteiger partial charge in [-0.25, -0.2) is 8.42 Å². The van der Waals surface area contributed by atoms with Gasteiger partial charge in [-0.05, 0) is 36.4 Å². The van der Waals surface area contributed by atoms with E-state index >= 15 is 0 Å². The van der Waals surface area contributed by atoms with Gasteiger partial charge >= 0.3 is 0 Å². The average Bonchev–Trinajstić information content (AvgIpc) is 2.74. The highest BCUT2D eigenvalue weighted by Crippen LogP contribution is 2.21. The molecule has 1 heterocycles. The second-order valence-electron chi connectivity index (χ2n) is 6.08. The van der Waals surface area contributed by atoms with Crippen molar-refractivity contribution in [3.8, 4) is 0 Å². The van der Waals surface area contributed by atoms with Crippen molar-refractivity contribution in [2.24, 2.45) is 0 Å². The molecule has 1 fully saturated rings. The zero-order valence-corrected chi connectivity index (χ0v) is 17.4. The van der Waals surface area contributed by atoms with Crippen LogP contribution in [0.25, 0.3) is 0 Å². The van der Waals surface area contributed by atoms with Crippen LogP contribution in [0, 0.1) is 0 Å². The Morgan fingerprint density at radius 3 is 2.38 bits per heavy atom. The van der Waals surface area contributed by atoms with Crippen molar-refractivity contribution in [2.45, 2.75) is 4.90 Å². The van der Waals surface area contributed by atoms with Crippen LogP contribution >= 0.6 is 23.2 Å². The summed E-state index contributed by atoms with van der Waals surface area (Å²) in [4.78, 5) is 24.6. The third kappa shape index (κ3) is 5.06. The molecule has 1 saturated heterocycles. The quantitative estimate of drug-likeness (QED) is 0.683. The third-order valence-corrected chi connectivity index (χ3v) is 6.63. The minimum atomic E-state index is -3.75. The van der Waals surface area contributed by atoms with Gasteiger partial charge in [-0.15, -0.1) is 0 Å². The molecule has 1 aliphatic heterocycles. The summed E-state index contributed by atoms with van der Waals surface area (Å²) in [6.45, 7) is 1.12. The van der Waals surface area contributed by atoms with Gasteiger partial charge in [0.05, 0.1) is 28.7 Å². The normalized spacial score (nSPS) is 15.0. The number of morpholine rings is 1. The van der Waals surface area contributed by atoms with E-state index in [2.05, 4.69) is 10.9 Å². The molecule has 2 N–H and O–H groups in total. The highest BCUT2D eigenvalue weighted by atomic mass is 35.5. The van der Waals surface area contributed by atoms with Gasteiger partial charge in [-0.2, -0.15) is 4.31 Å². The first-order chi connectivity index (χ1) is 13.8. The summed E-state index contributed by atoms with van der Waals surface area (Å²) in [5, 5.41) is 0.478. The van der Waals surface area contributed by atoms with Crippen molar-refractivity contribution in [2.75, 3.05) is 26.3 Å². The van der Waals surface area contributed by atoms with Gasteiger partial charge in [-0.3, -0.25) is 20.4 Å². The summed E-state index contributed by atoms with van der Waals surface area (Å²) >= 11 is 11.8. The first-order valence-electron chi connectivity index (χ1n) is 8.53. The average molecular weight is 458 g/mol. The molecule has 0 unspecified atom stereocenters. The van der Waals surface area contributed by atoms with Crippen LogP contribution in [0.15, 0.2) is 47.4 Å². The van der Waals surface area contributed by atoms with Crippen molar-refractivity contribution in [3.05, 3.63) is 63.6 Å². The number of carbonyl (C=O) groups excluding carboxylic acids is 2. The van der Waals surface area contributed by atoms with Crippen LogP contribution in [0.1, 0.15) is 20.7 Å². The Bertz CT molecular complexity index is 1040. The minimum absolute atomic E-state index is 0.0173. The fourth-order valence-electron chi connectivity index (χ4n) is 2.66. The molecule has 2 amide bonds. The number of carbonyl (C=O) groups is 2. The zero-order valence-electron chi connectivity index (χ0n) is 15.0. The van der Waals surface area contributed by atoms with Gasteiger partial charge in [0.15, 0.2) is 0 Å². The van der Waals surface area contributed by atoms with Gasteiger partial charge in [0.2, 0.25) is 10.0 Å². The zero-order chi connectivity index (χ0) is 21.0. The number of benzene rings is 2. The molecule has 0 bridgehead atoms. The fourth-order valence-corrected chi connectivity index (χ4v) is 4.49. The molecule has 0 spiro atoms. The highest BCUT2D eigenvalue weighted by Gasteiger charge is 2.27. The van der Waals surface area contributed by atoms with Crippen LogP contribution in [0.4, 0.5) is 0 Å². The van der Waals surface area contributed by atoms with E-state index in [0.717, 1.165) is 0 Å². The molecule has 154 valence electrons. The van der Waals surface area contributed by atoms with Gasteiger partial charge < -0.3 is 4.74 Å². The first-order valence-corrected chi connectivity index (χ1v) is 10.7. The number of halogens is 2. The molecule has 0 saturated carbocycles. The molecule has 0 aliphatic carbocycles. The van der Waals surface area contributed by atoms with E-state index in [1.807, 2.05) is 0 Å². The van der Waals surface area contributed by atoms with Crippen molar-refractivity contribution in [3.63, 3.8) is 0 Å². The van der Waals surface area contributed by atoms with Crippen molar-refractivity contribution in [1.82, 2.24) is 15.2 Å². The number of rotatable bonds is 4. The summed E-state index contributed by atoms with van der Waals surface area (Å²) in [5.41, 5.74) is 4.62. The number of nitrogens with zero attached hydrogens (tertiary/aromatic N) is 1. The van der Waals surface area contributed by atoms with Crippen molar-refractivity contribution in [1.29, 1.82) is 0 Å². The first kappa shape index (κ1) is 21.5. The van der Waals surface area contributed by atoms with E-state index in [1.165, 1.54) is 46.8 Å². The van der Waals surface area contributed by atoms with Crippen LogP contribution in [0.5, 0.6) is 0 Å². The van der Waals surface area contributed by atoms with E-state index in [9.17, 15) is 18.0 Å². The molecule has 0 atom stereocenters. The molecular weight excluding hydrogens is 441 g/mol. The van der Waals surface area contributed by atoms with E-state index in [0.29, 0.717) is 18.2 Å². The van der Waals surface area contributed by atoms with E-state index < -0.39 is 21.8 Å². The molecule has 0 radical (unpaired) electrons. The maximum atomic E-state index is 12.7. The van der Waals surface area contributed by atoms with E-state index in [4.69, 9.17) is 27.9 Å². The van der Waals surface area contributed by atoms with Crippen molar-refractivity contribution >= 4 is 45.0 Å². The number of ether oxygens (including phenoxy) is 1. The lowest BCUT2D eigenvalue weighted by Crippen LogP contribution is -2.42. The minimum Gasteiger partial charge on any atom is -0.379 e.